The number of nitrogens with zero attached hydrogens (tertiary/aromatic N) is 1. The third kappa shape index (κ3) is 4.02. The zero-order valence-corrected chi connectivity index (χ0v) is 14.5. The van der Waals surface area contributed by atoms with Crippen molar-refractivity contribution < 1.29 is 13.9 Å². The van der Waals surface area contributed by atoms with Crippen LogP contribution in [0, 0.1) is 12.7 Å². The van der Waals surface area contributed by atoms with Crippen molar-refractivity contribution in [1.82, 2.24) is 0 Å². The molecule has 0 N–H and O–H groups in total. The minimum Gasteiger partial charge on any atom is -0.443 e. The summed E-state index contributed by atoms with van der Waals surface area (Å²) >= 11 is 0. The molecule has 0 atom stereocenters. The Kier molecular flexibility index (Phi) is 5.07. The molecule has 4 heteroatoms. The van der Waals surface area contributed by atoms with E-state index in [2.05, 4.69) is 6.58 Å². The number of halogens is 1. The lowest BCUT2D eigenvalue weighted by Crippen LogP contribution is -2.36. The summed E-state index contributed by atoms with van der Waals surface area (Å²) in [5, 5.41) is 0. The highest BCUT2D eigenvalue weighted by Gasteiger charge is 2.28. The predicted octanol–water partition coefficient (Wildman–Crippen LogP) is 5.55. The molecule has 0 saturated heterocycles. The van der Waals surface area contributed by atoms with Gasteiger partial charge in [0.2, 0.25) is 0 Å². The smallest absolute Gasteiger partial charge is 0.419 e. The Balaban J connectivity index is 2.51. The molecule has 0 heterocycles. The van der Waals surface area contributed by atoms with Gasteiger partial charge in [0.15, 0.2) is 0 Å². The number of carbonyl (C=O) groups is 1. The Morgan fingerprint density at radius 3 is 2.25 bits per heavy atom. The van der Waals surface area contributed by atoms with Crippen LogP contribution >= 0.6 is 0 Å². The first-order valence-electron chi connectivity index (χ1n) is 7.73. The average molecular weight is 327 g/mol. The van der Waals surface area contributed by atoms with Gasteiger partial charge < -0.3 is 4.74 Å². The molecule has 3 nitrogen and oxygen atoms in total. The molecule has 126 valence electrons. The predicted molar refractivity (Wildman–Crippen MR) is 95.3 cm³/mol. The molecule has 0 unspecified atom stereocenters. The highest BCUT2D eigenvalue weighted by atomic mass is 19.1. The Morgan fingerprint density at radius 1 is 1.08 bits per heavy atom. The normalized spacial score (nSPS) is 11.0. The van der Waals surface area contributed by atoms with E-state index in [9.17, 15) is 9.18 Å². The summed E-state index contributed by atoms with van der Waals surface area (Å²) in [6.45, 7) is 11.2. The van der Waals surface area contributed by atoms with E-state index >= 15 is 0 Å². The van der Waals surface area contributed by atoms with Crippen molar-refractivity contribution in [3.8, 4) is 0 Å². The van der Waals surface area contributed by atoms with Crippen molar-refractivity contribution in [3.05, 3.63) is 72.1 Å². The van der Waals surface area contributed by atoms with Gasteiger partial charge in [0.05, 0.1) is 11.4 Å². The standard InChI is InChI=1S/C20H22FNO2/c1-14-10-6-9-13-18(14)22(19(23)24-20(3,4)5)15(2)16-11-7-8-12-17(16)21/h6-13H,2H2,1,3-5H3. The van der Waals surface area contributed by atoms with Crippen LogP contribution in [0.2, 0.25) is 0 Å². The van der Waals surface area contributed by atoms with Crippen molar-refractivity contribution in [2.24, 2.45) is 0 Å². The molecular weight excluding hydrogens is 305 g/mol. The van der Waals surface area contributed by atoms with Gasteiger partial charge in [-0.3, -0.25) is 0 Å². The molecule has 0 aliphatic carbocycles. The first kappa shape index (κ1) is 17.7. The number of hydrogen-bond acceptors (Lipinski definition) is 2. The second-order valence-electron chi connectivity index (χ2n) is 6.53. The molecule has 24 heavy (non-hydrogen) atoms. The second kappa shape index (κ2) is 6.87. The average Bonchev–Trinajstić information content (AvgIpc) is 2.48. The molecule has 2 aromatic carbocycles. The van der Waals surface area contributed by atoms with E-state index in [-0.39, 0.29) is 11.3 Å². The lowest BCUT2D eigenvalue weighted by molar-refractivity contribution is 0.0600. The van der Waals surface area contributed by atoms with Gasteiger partial charge in [0.25, 0.3) is 0 Å². The molecule has 1 amide bonds. The van der Waals surface area contributed by atoms with Crippen LogP contribution in [0.1, 0.15) is 31.9 Å². The van der Waals surface area contributed by atoms with Crippen LogP contribution in [0.5, 0.6) is 0 Å². The fourth-order valence-corrected chi connectivity index (χ4v) is 2.29. The third-order valence-electron chi connectivity index (χ3n) is 3.39. The zero-order chi connectivity index (χ0) is 17.9. The number of ether oxygens (including phenoxy) is 1. The Bertz CT molecular complexity index is 762. The zero-order valence-electron chi connectivity index (χ0n) is 14.5. The van der Waals surface area contributed by atoms with Crippen LogP contribution in [0.15, 0.2) is 55.1 Å². The molecule has 0 spiro atoms. The fourth-order valence-electron chi connectivity index (χ4n) is 2.29. The van der Waals surface area contributed by atoms with Gasteiger partial charge in [0, 0.05) is 5.56 Å². The van der Waals surface area contributed by atoms with E-state index in [1.165, 1.54) is 11.0 Å². The number of para-hydroxylation sites is 1. The molecule has 2 rings (SSSR count). The molecule has 2 aromatic rings. The minimum atomic E-state index is -0.673. The van der Waals surface area contributed by atoms with Crippen molar-refractivity contribution in [2.75, 3.05) is 4.90 Å². The summed E-state index contributed by atoms with van der Waals surface area (Å²) in [5.41, 5.74) is 1.29. The number of hydrogen-bond donors (Lipinski definition) is 0. The highest BCUT2D eigenvalue weighted by Crippen LogP contribution is 2.30. The molecular formula is C20H22FNO2. The minimum absolute atomic E-state index is 0.233. The van der Waals surface area contributed by atoms with Crippen LogP contribution in [0.3, 0.4) is 0 Å². The number of carbonyl (C=O) groups excluding carboxylic acids is 1. The first-order chi connectivity index (χ1) is 11.2. The summed E-state index contributed by atoms with van der Waals surface area (Å²) < 4.78 is 19.7. The van der Waals surface area contributed by atoms with Crippen molar-refractivity contribution >= 4 is 17.5 Å². The quantitative estimate of drug-likeness (QED) is 0.740. The van der Waals surface area contributed by atoms with Gasteiger partial charge in [0.1, 0.15) is 11.4 Å². The van der Waals surface area contributed by atoms with Gasteiger partial charge in [-0.15, -0.1) is 0 Å². The maximum Gasteiger partial charge on any atom is 0.419 e. The van der Waals surface area contributed by atoms with Crippen LogP contribution in [-0.2, 0) is 4.74 Å². The molecule has 0 aliphatic rings. The molecule has 0 fully saturated rings. The van der Waals surface area contributed by atoms with Crippen LogP contribution in [0.4, 0.5) is 14.9 Å². The van der Waals surface area contributed by atoms with Gasteiger partial charge >= 0.3 is 6.09 Å². The van der Waals surface area contributed by atoms with Gasteiger partial charge in [-0.1, -0.05) is 36.9 Å². The number of aryl methyl sites for hydroxylation is 1. The van der Waals surface area contributed by atoms with E-state index in [0.29, 0.717) is 5.69 Å². The maximum atomic E-state index is 14.2. The van der Waals surface area contributed by atoms with E-state index < -0.39 is 17.5 Å². The van der Waals surface area contributed by atoms with Crippen LogP contribution in [0.25, 0.3) is 5.70 Å². The summed E-state index contributed by atoms with van der Waals surface area (Å²) in [7, 11) is 0. The highest BCUT2D eigenvalue weighted by molar-refractivity contribution is 6.02. The largest absolute Gasteiger partial charge is 0.443 e. The van der Waals surface area contributed by atoms with Gasteiger partial charge in [-0.25, -0.2) is 14.1 Å². The Morgan fingerprint density at radius 2 is 1.67 bits per heavy atom. The summed E-state index contributed by atoms with van der Waals surface area (Å²) in [4.78, 5) is 14.1. The van der Waals surface area contributed by atoms with Gasteiger partial charge in [-0.2, -0.15) is 0 Å². The van der Waals surface area contributed by atoms with Gasteiger partial charge in [-0.05, 0) is 51.5 Å². The molecule has 0 bridgehead atoms. The van der Waals surface area contributed by atoms with E-state index in [1.54, 1.807) is 45.0 Å². The SMILES string of the molecule is C=C(c1ccccc1F)N(C(=O)OC(C)(C)C)c1ccccc1C. The summed E-state index contributed by atoms with van der Waals surface area (Å²) in [5.74, 6) is -0.440. The first-order valence-corrected chi connectivity index (χ1v) is 7.73. The topological polar surface area (TPSA) is 29.5 Å². The molecule has 0 aliphatic heterocycles. The molecule has 0 saturated carbocycles. The number of anilines is 1. The van der Waals surface area contributed by atoms with Crippen LogP contribution in [-0.4, -0.2) is 11.7 Å². The molecule has 0 aromatic heterocycles. The lowest BCUT2D eigenvalue weighted by atomic mass is 10.1. The lowest BCUT2D eigenvalue weighted by Gasteiger charge is -2.29. The van der Waals surface area contributed by atoms with Crippen molar-refractivity contribution in [2.45, 2.75) is 33.3 Å². The summed E-state index contributed by atoms with van der Waals surface area (Å²) in [6, 6.07) is 13.6. The third-order valence-corrected chi connectivity index (χ3v) is 3.39. The number of amides is 1. The fraction of sp³-hybridized carbons (Fsp3) is 0.250. The second-order valence-corrected chi connectivity index (χ2v) is 6.53. The van der Waals surface area contributed by atoms with E-state index in [1.807, 2.05) is 25.1 Å². The Hall–Kier alpha value is -2.62. The Labute approximate surface area is 142 Å². The van der Waals surface area contributed by atoms with Crippen LogP contribution < -0.4 is 4.90 Å². The number of rotatable bonds is 3. The monoisotopic (exact) mass is 327 g/mol. The number of benzene rings is 2. The van der Waals surface area contributed by atoms with Crippen molar-refractivity contribution in [3.63, 3.8) is 0 Å². The maximum absolute atomic E-state index is 14.2. The summed E-state index contributed by atoms with van der Waals surface area (Å²) in [6.07, 6.45) is -0.593. The van der Waals surface area contributed by atoms with E-state index in [0.717, 1.165) is 5.56 Å². The molecule has 0 radical (unpaired) electrons. The van der Waals surface area contributed by atoms with E-state index in [4.69, 9.17) is 4.74 Å². The van der Waals surface area contributed by atoms with Crippen molar-refractivity contribution in [1.29, 1.82) is 0 Å².